The topological polar surface area (TPSA) is 106 Å². The van der Waals surface area contributed by atoms with Crippen LogP contribution in [0.4, 0.5) is 4.39 Å². The fraction of sp³-hybridized carbons (Fsp3) is 0.241. The van der Waals surface area contributed by atoms with Gasteiger partial charge in [0.05, 0.1) is 16.7 Å². The summed E-state index contributed by atoms with van der Waals surface area (Å²) < 4.78 is 22.1. The van der Waals surface area contributed by atoms with Crippen LogP contribution in [-0.4, -0.2) is 29.8 Å². The van der Waals surface area contributed by atoms with Crippen LogP contribution in [0.3, 0.4) is 0 Å². The molecule has 0 aliphatic carbocycles. The Labute approximate surface area is 218 Å². The van der Waals surface area contributed by atoms with E-state index in [4.69, 9.17) is 9.72 Å². The Kier molecular flexibility index (Phi) is 6.11. The van der Waals surface area contributed by atoms with Gasteiger partial charge >= 0.3 is 0 Å². The highest BCUT2D eigenvalue weighted by Gasteiger charge is 2.22. The van der Waals surface area contributed by atoms with Gasteiger partial charge in [0.2, 0.25) is 0 Å². The summed E-state index contributed by atoms with van der Waals surface area (Å²) in [4.78, 5) is 20.9. The molecule has 9 heteroatoms. The second-order valence-corrected chi connectivity index (χ2v) is 10.1. The van der Waals surface area contributed by atoms with E-state index in [1.165, 1.54) is 12.1 Å². The first-order valence-corrected chi connectivity index (χ1v) is 12.2. The van der Waals surface area contributed by atoms with Crippen LogP contribution in [-0.2, 0) is 5.60 Å². The molecule has 2 N–H and O–H groups in total. The number of nitrogens with one attached hydrogen (secondary N) is 1. The molecule has 5 aromatic rings. The molecule has 2 aromatic carbocycles. The quantitative estimate of drug-likeness (QED) is 0.319. The lowest BCUT2D eigenvalue weighted by molar-refractivity contribution is 0.0785. The Morgan fingerprint density at radius 2 is 1.68 bits per heavy atom. The Hall–Kier alpha value is -4.37. The van der Waals surface area contributed by atoms with Gasteiger partial charge in [-0.05, 0) is 94.6 Å². The van der Waals surface area contributed by atoms with E-state index in [0.29, 0.717) is 67.8 Å². The molecule has 194 valence electrons. The maximum atomic E-state index is 14.0. The minimum absolute atomic E-state index is 0.143. The largest absolute Gasteiger partial charge is 0.455 e. The van der Waals surface area contributed by atoms with Crippen LogP contribution < -0.4 is 10.2 Å². The van der Waals surface area contributed by atoms with Gasteiger partial charge in [0.15, 0.2) is 17.0 Å². The number of hydrogen-bond donors (Lipinski definition) is 2. The van der Waals surface area contributed by atoms with Gasteiger partial charge in [-0.1, -0.05) is 6.07 Å². The first-order valence-electron chi connectivity index (χ1n) is 12.2. The number of rotatable bonds is 5. The molecule has 3 aromatic heterocycles. The third-order valence-corrected chi connectivity index (χ3v) is 6.43. The van der Waals surface area contributed by atoms with Crippen LogP contribution in [0, 0.1) is 33.5 Å². The number of aromatic amines is 1. The predicted octanol–water partition coefficient (Wildman–Crippen LogP) is 5.56. The van der Waals surface area contributed by atoms with Gasteiger partial charge in [0.1, 0.15) is 28.7 Å². The van der Waals surface area contributed by atoms with Gasteiger partial charge < -0.3 is 14.8 Å². The Morgan fingerprint density at radius 1 is 0.974 bits per heavy atom. The molecule has 0 unspecified atom stereocenters. The molecule has 0 saturated carbocycles. The van der Waals surface area contributed by atoms with Gasteiger partial charge in [0.25, 0.3) is 0 Å². The summed E-state index contributed by atoms with van der Waals surface area (Å²) in [6.45, 7) is 10.5. The molecule has 8 nitrogen and oxygen atoms in total. The second-order valence-electron chi connectivity index (χ2n) is 10.1. The summed E-state index contributed by atoms with van der Waals surface area (Å²) in [5, 5.41) is 19.4. The van der Waals surface area contributed by atoms with Crippen LogP contribution in [0.25, 0.3) is 28.2 Å². The average molecular weight is 514 g/mol. The second kappa shape index (κ2) is 9.18. The zero-order chi connectivity index (χ0) is 27.4. The van der Waals surface area contributed by atoms with Crippen molar-refractivity contribution in [2.45, 2.75) is 47.1 Å². The van der Waals surface area contributed by atoms with Gasteiger partial charge in [-0.15, -0.1) is 10.2 Å². The summed E-state index contributed by atoms with van der Waals surface area (Å²) >= 11 is 0. The van der Waals surface area contributed by atoms with E-state index in [2.05, 4.69) is 15.2 Å². The molecule has 38 heavy (non-hydrogen) atoms. The molecule has 0 fully saturated rings. The molecule has 0 aliphatic rings. The number of aromatic nitrogens is 5. The van der Waals surface area contributed by atoms with E-state index >= 15 is 0 Å². The van der Waals surface area contributed by atoms with E-state index in [1.54, 1.807) is 82.6 Å². The highest BCUT2D eigenvalue weighted by Crippen LogP contribution is 2.36. The average Bonchev–Trinajstić information content (AvgIpc) is 3.29. The molecule has 0 aliphatic heterocycles. The minimum atomic E-state index is -1.14. The van der Waals surface area contributed by atoms with Crippen LogP contribution >= 0.6 is 0 Å². The lowest BCUT2D eigenvalue weighted by Crippen LogP contribution is -2.17. The summed E-state index contributed by atoms with van der Waals surface area (Å²) in [5.41, 5.74) is 2.60. The van der Waals surface area contributed by atoms with Crippen molar-refractivity contribution in [2.24, 2.45) is 0 Å². The van der Waals surface area contributed by atoms with Gasteiger partial charge in [-0.3, -0.25) is 9.36 Å². The van der Waals surface area contributed by atoms with Gasteiger partial charge in [0, 0.05) is 11.8 Å². The fourth-order valence-corrected chi connectivity index (χ4v) is 4.45. The highest BCUT2D eigenvalue weighted by molar-refractivity contribution is 5.80. The third-order valence-electron chi connectivity index (χ3n) is 6.43. The maximum Gasteiger partial charge on any atom is 0.193 e. The summed E-state index contributed by atoms with van der Waals surface area (Å²) in [6.07, 6.45) is 1.70. The lowest BCUT2D eigenvalue weighted by atomic mass is 9.97. The SMILES string of the molecule is Cc1nnc(-c2ccc3c(=O)c(C)cn(-c4cc(C(C)(C)O)ccc4Oc4c(C)cc(F)cc4C)c3n2)[nH]1. The number of H-pyrrole nitrogens is 1. The van der Waals surface area contributed by atoms with Crippen LogP contribution in [0.2, 0.25) is 0 Å². The van der Waals surface area contributed by atoms with E-state index in [0.717, 1.165) is 0 Å². The first-order chi connectivity index (χ1) is 17.9. The Bertz CT molecular complexity index is 1740. The summed E-state index contributed by atoms with van der Waals surface area (Å²) in [5.74, 6) is 1.75. The zero-order valence-electron chi connectivity index (χ0n) is 22.0. The minimum Gasteiger partial charge on any atom is -0.455 e. The summed E-state index contributed by atoms with van der Waals surface area (Å²) in [7, 11) is 0. The van der Waals surface area contributed by atoms with Crippen molar-refractivity contribution in [1.82, 2.24) is 24.7 Å². The molecule has 0 atom stereocenters. The zero-order valence-corrected chi connectivity index (χ0v) is 22.0. The van der Waals surface area contributed by atoms with Crippen molar-refractivity contribution >= 4 is 11.0 Å². The molecule has 0 radical (unpaired) electrons. The van der Waals surface area contributed by atoms with Crippen molar-refractivity contribution in [3.8, 4) is 28.7 Å². The van der Waals surface area contributed by atoms with Crippen LogP contribution in [0.1, 0.15) is 41.9 Å². The Balaban J connectivity index is 1.80. The van der Waals surface area contributed by atoms with E-state index in [9.17, 15) is 14.3 Å². The lowest BCUT2D eigenvalue weighted by Gasteiger charge is -2.23. The number of halogens is 1. The number of ether oxygens (including phenoxy) is 1. The van der Waals surface area contributed by atoms with Crippen LogP contribution in [0.15, 0.2) is 53.5 Å². The molecule has 0 amide bonds. The van der Waals surface area contributed by atoms with Crippen LogP contribution in [0.5, 0.6) is 11.5 Å². The highest BCUT2D eigenvalue weighted by atomic mass is 19.1. The monoisotopic (exact) mass is 513 g/mol. The van der Waals surface area contributed by atoms with Crippen molar-refractivity contribution in [3.63, 3.8) is 0 Å². The number of fused-ring (bicyclic) bond motifs is 1. The fourth-order valence-electron chi connectivity index (χ4n) is 4.45. The maximum absolute atomic E-state index is 14.0. The van der Waals surface area contributed by atoms with E-state index < -0.39 is 5.60 Å². The van der Waals surface area contributed by atoms with E-state index in [-0.39, 0.29) is 11.2 Å². The van der Waals surface area contributed by atoms with Crippen molar-refractivity contribution in [3.05, 3.63) is 92.8 Å². The number of pyridine rings is 2. The van der Waals surface area contributed by atoms with Crippen molar-refractivity contribution in [1.29, 1.82) is 0 Å². The summed E-state index contributed by atoms with van der Waals surface area (Å²) in [6, 6.07) is 11.6. The Morgan fingerprint density at radius 3 is 2.32 bits per heavy atom. The molecule has 0 bridgehead atoms. The predicted molar refractivity (Wildman–Crippen MR) is 143 cm³/mol. The number of hydrogen-bond acceptors (Lipinski definition) is 6. The number of aliphatic hydroxyl groups is 1. The van der Waals surface area contributed by atoms with Crippen molar-refractivity contribution < 1.29 is 14.2 Å². The molecular weight excluding hydrogens is 485 g/mol. The first kappa shape index (κ1) is 25.3. The molecular formula is C29H28FN5O3. The van der Waals surface area contributed by atoms with Crippen molar-refractivity contribution in [2.75, 3.05) is 0 Å². The van der Waals surface area contributed by atoms with Gasteiger partial charge in [-0.25, -0.2) is 9.37 Å². The number of aryl methyl sites for hydroxylation is 4. The third kappa shape index (κ3) is 4.56. The molecule has 0 saturated heterocycles. The molecule has 0 spiro atoms. The number of nitrogens with zero attached hydrogens (tertiary/aromatic N) is 4. The van der Waals surface area contributed by atoms with Gasteiger partial charge in [-0.2, -0.15) is 0 Å². The molecule has 3 heterocycles. The van der Waals surface area contributed by atoms with E-state index in [1.807, 2.05) is 0 Å². The molecule has 5 rings (SSSR count). The smallest absolute Gasteiger partial charge is 0.193 e. The number of benzene rings is 2. The standard InChI is InChI=1S/C29H28FN5O3/c1-15-11-20(30)12-16(2)26(15)38-24-10-7-19(29(5,6)37)13-23(24)35-14-17(3)25(36)21-8-9-22(32-28(21)35)27-31-18(4)33-34-27/h7-14,37H,1-6H3,(H,31,33,34). The normalized spacial score (nSPS) is 11.8.